The molecule has 0 saturated heterocycles. The zero-order valence-electron chi connectivity index (χ0n) is 10.8. The van der Waals surface area contributed by atoms with E-state index < -0.39 is 8.07 Å². The molecule has 0 unspecified atom stereocenters. The minimum atomic E-state index is -0.875. The number of hydrogen-bond donors (Lipinski definition) is 0. The van der Waals surface area contributed by atoms with E-state index in [1.165, 1.54) is 18.0 Å². The molecule has 0 aliphatic heterocycles. The molecule has 88 valence electrons. The molecule has 1 aromatic rings. The Balaban J connectivity index is 1.95. The van der Waals surface area contributed by atoms with E-state index in [2.05, 4.69) is 43.9 Å². The van der Waals surface area contributed by atoms with Crippen LogP contribution < -0.4 is 4.74 Å². The molecule has 0 spiro atoms. The van der Waals surface area contributed by atoms with Gasteiger partial charge in [0.15, 0.2) is 0 Å². The summed E-state index contributed by atoms with van der Waals surface area (Å²) in [6, 6.07) is 10.1. The highest BCUT2D eigenvalue weighted by Gasteiger charge is 2.40. The lowest BCUT2D eigenvalue weighted by atomic mass is 10.1. The normalized spacial score (nSPS) is 24.2. The average molecular weight is 234 g/mol. The first-order chi connectivity index (χ1) is 7.49. The van der Waals surface area contributed by atoms with Crippen LogP contribution in [0.3, 0.4) is 0 Å². The molecule has 1 nitrogen and oxygen atoms in total. The van der Waals surface area contributed by atoms with Gasteiger partial charge in [-0.3, -0.25) is 0 Å². The van der Waals surface area contributed by atoms with Crippen molar-refractivity contribution in [3.05, 3.63) is 29.8 Å². The maximum Gasteiger partial charge on any atom is 0.118 e. The number of ether oxygens (including phenoxy) is 1. The largest absolute Gasteiger partial charge is 0.497 e. The highest BCUT2D eigenvalue weighted by atomic mass is 28.3. The van der Waals surface area contributed by atoms with E-state index in [1.807, 2.05) is 0 Å². The molecule has 1 aromatic carbocycles. The number of rotatable bonds is 4. The van der Waals surface area contributed by atoms with Crippen LogP contribution in [0.4, 0.5) is 0 Å². The van der Waals surface area contributed by atoms with Crippen LogP contribution in [0.15, 0.2) is 24.3 Å². The van der Waals surface area contributed by atoms with Crippen LogP contribution in [0.25, 0.3) is 0 Å². The summed E-state index contributed by atoms with van der Waals surface area (Å²) in [5.74, 6) is 2.75. The number of methoxy groups -OCH3 is 1. The Kier molecular flexibility index (Phi) is 3.11. The van der Waals surface area contributed by atoms with Gasteiger partial charge in [0.05, 0.1) is 7.11 Å². The molecule has 2 heteroatoms. The van der Waals surface area contributed by atoms with Gasteiger partial charge < -0.3 is 4.74 Å². The summed E-state index contributed by atoms with van der Waals surface area (Å²) in [6.07, 6.45) is 1.40. The molecule has 2 rings (SSSR count). The molecule has 1 aliphatic rings. The highest BCUT2D eigenvalue weighted by Crippen LogP contribution is 2.51. The van der Waals surface area contributed by atoms with E-state index in [-0.39, 0.29) is 0 Å². The van der Waals surface area contributed by atoms with Crippen LogP contribution in [-0.2, 0) is 0 Å². The first-order valence-electron chi connectivity index (χ1n) is 6.13. The van der Waals surface area contributed by atoms with Crippen molar-refractivity contribution in [1.29, 1.82) is 0 Å². The van der Waals surface area contributed by atoms with Gasteiger partial charge in [0.1, 0.15) is 5.75 Å². The van der Waals surface area contributed by atoms with Crippen molar-refractivity contribution in [2.75, 3.05) is 7.11 Å². The fourth-order valence-electron chi connectivity index (χ4n) is 2.52. The Morgan fingerprint density at radius 1 is 1.19 bits per heavy atom. The first-order valence-corrected chi connectivity index (χ1v) is 9.84. The van der Waals surface area contributed by atoms with E-state index in [9.17, 15) is 0 Å². The van der Waals surface area contributed by atoms with Crippen molar-refractivity contribution in [1.82, 2.24) is 0 Å². The smallest absolute Gasteiger partial charge is 0.118 e. The topological polar surface area (TPSA) is 9.23 Å². The third-order valence-electron chi connectivity index (χ3n) is 3.34. The molecule has 0 N–H and O–H groups in total. The van der Waals surface area contributed by atoms with Gasteiger partial charge in [-0.25, -0.2) is 0 Å². The van der Waals surface area contributed by atoms with Gasteiger partial charge in [0, 0.05) is 8.07 Å². The zero-order chi connectivity index (χ0) is 11.8. The van der Waals surface area contributed by atoms with Crippen molar-refractivity contribution < 1.29 is 4.74 Å². The van der Waals surface area contributed by atoms with Crippen LogP contribution in [0, 0.1) is 5.92 Å². The van der Waals surface area contributed by atoms with E-state index >= 15 is 0 Å². The lowest BCUT2D eigenvalue weighted by Gasteiger charge is -2.15. The van der Waals surface area contributed by atoms with Gasteiger partial charge in [0.25, 0.3) is 0 Å². The monoisotopic (exact) mass is 234 g/mol. The van der Waals surface area contributed by atoms with Crippen molar-refractivity contribution in [2.24, 2.45) is 5.92 Å². The molecule has 16 heavy (non-hydrogen) atoms. The summed E-state index contributed by atoms with van der Waals surface area (Å²) in [5, 5.41) is 0. The van der Waals surface area contributed by atoms with Crippen molar-refractivity contribution in [3.8, 4) is 5.75 Å². The second-order valence-corrected chi connectivity index (χ2v) is 11.7. The summed E-state index contributed by atoms with van der Waals surface area (Å²) in [4.78, 5) is 0. The average Bonchev–Trinajstić information content (AvgIpc) is 2.95. The third-order valence-corrected chi connectivity index (χ3v) is 5.09. The van der Waals surface area contributed by atoms with Gasteiger partial charge in [-0.05, 0) is 36.0 Å². The van der Waals surface area contributed by atoms with E-state index in [0.29, 0.717) is 0 Å². The molecular weight excluding hydrogens is 212 g/mol. The quantitative estimate of drug-likeness (QED) is 0.712. The number of benzene rings is 1. The minimum absolute atomic E-state index is 0.831. The first kappa shape index (κ1) is 11.7. The minimum Gasteiger partial charge on any atom is -0.497 e. The van der Waals surface area contributed by atoms with E-state index in [4.69, 9.17) is 4.74 Å². The zero-order valence-corrected chi connectivity index (χ0v) is 11.8. The maximum absolute atomic E-state index is 5.18. The van der Waals surface area contributed by atoms with Crippen molar-refractivity contribution >= 4 is 8.07 Å². The van der Waals surface area contributed by atoms with E-state index in [0.717, 1.165) is 17.6 Å². The van der Waals surface area contributed by atoms with Crippen LogP contribution in [0.2, 0.25) is 25.7 Å². The van der Waals surface area contributed by atoms with Gasteiger partial charge in [-0.2, -0.15) is 0 Å². The highest BCUT2D eigenvalue weighted by molar-refractivity contribution is 6.76. The van der Waals surface area contributed by atoms with Crippen molar-refractivity contribution in [2.45, 2.75) is 38.0 Å². The SMILES string of the molecule is COc1ccc([C@H]2C[C@@H]2C[Si](C)(C)C)cc1. The molecular formula is C14H22OSi. The molecule has 0 amide bonds. The predicted molar refractivity (Wildman–Crippen MR) is 72.0 cm³/mol. The molecule has 0 radical (unpaired) electrons. The summed E-state index contributed by atoms with van der Waals surface area (Å²) in [6.45, 7) is 7.41. The summed E-state index contributed by atoms with van der Waals surface area (Å²) in [7, 11) is 0.847. The molecule has 0 aromatic heterocycles. The standard InChI is InChI=1S/C14H22OSi/c1-15-13-7-5-11(6-8-13)14-9-12(14)10-16(2,3)4/h5-8,12,14H,9-10H2,1-4H3/t12-,14-/m1/s1. The second kappa shape index (κ2) is 4.25. The lowest BCUT2D eigenvalue weighted by Crippen LogP contribution is -2.20. The summed E-state index contributed by atoms with van der Waals surface area (Å²) >= 11 is 0. The number of hydrogen-bond acceptors (Lipinski definition) is 1. The fraction of sp³-hybridized carbons (Fsp3) is 0.571. The lowest BCUT2D eigenvalue weighted by molar-refractivity contribution is 0.414. The van der Waals surface area contributed by atoms with Gasteiger partial charge in [-0.1, -0.05) is 37.8 Å². The van der Waals surface area contributed by atoms with Crippen molar-refractivity contribution in [3.63, 3.8) is 0 Å². The van der Waals surface area contributed by atoms with Crippen LogP contribution in [0.5, 0.6) is 5.75 Å². The predicted octanol–water partition coefficient (Wildman–Crippen LogP) is 4.14. The Labute approximate surface area is 99.8 Å². The Morgan fingerprint density at radius 2 is 1.81 bits per heavy atom. The van der Waals surface area contributed by atoms with Crippen LogP contribution >= 0.6 is 0 Å². The molecule has 0 bridgehead atoms. The second-order valence-electron chi connectivity index (χ2n) is 6.14. The fourth-order valence-corrected chi connectivity index (χ4v) is 4.54. The van der Waals surface area contributed by atoms with Gasteiger partial charge in [0.2, 0.25) is 0 Å². The summed E-state index contributed by atoms with van der Waals surface area (Å²) in [5.41, 5.74) is 1.50. The molecule has 1 fully saturated rings. The maximum atomic E-state index is 5.18. The Bertz CT molecular complexity index is 350. The van der Waals surface area contributed by atoms with E-state index in [1.54, 1.807) is 7.11 Å². The molecule has 1 aliphatic carbocycles. The molecule has 0 heterocycles. The third kappa shape index (κ3) is 2.88. The van der Waals surface area contributed by atoms with Gasteiger partial charge in [-0.15, -0.1) is 0 Å². The Hall–Kier alpha value is -0.763. The molecule has 1 saturated carbocycles. The summed E-state index contributed by atoms with van der Waals surface area (Å²) < 4.78 is 5.18. The van der Waals surface area contributed by atoms with Gasteiger partial charge >= 0.3 is 0 Å². The van der Waals surface area contributed by atoms with Crippen LogP contribution in [-0.4, -0.2) is 15.2 Å². The Morgan fingerprint density at radius 3 is 2.31 bits per heavy atom. The van der Waals surface area contributed by atoms with Crippen LogP contribution in [0.1, 0.15) is 17.9 Å². The molecule has 2 atom stereocenters.